The standard InChI is InChI=1S/C36H40N6O3/c1-23-29(39-34(44)30(40-35(45)36(2,3)37)20-26-21-38-28-15-8-7-14-27(26)28)19-25-13-9-16-31(41-18-10-17-32(41)43)33(25)42(23)22-24-11-5-4-6-12-24/h4-9,11-16,21,29-30,38H,1,10,17-20,22,37H2,2-3H3,(H,39,44)(H,40,45)/t29?,30-/m1/s1. The number of aromatic amines is 1. The third kappa shape index (κ3) is 6.21. The van der Waals surface area contributed by atoms with Gasteiger partial charge in [0.05, 0.1) is 23.0 Å². The molecule has 0 spiro atoms. The van der Waals surface area contributed by atoms with Crippen molar-refractivity contribution < 1.29 is 14.4 Å². The highest BCUT2D eigenvalue weighted by Gasteiger charge is 2.36. The number of carbonyl (C=O) groups excluding carboxylic acids is 3. The van der Waals surface area contributed by atoms with Gasteiger partial charge in [0.15, 0.2) is 0 Å². The van der Waals surface area contributed by atoms with E-state index in [0.717, 1.165) is 51.1 Å². The Labute approximate surface area is 263 Å². The predicted octanol–water partition coefficient (Wildman–Crippen LogP) is 4.32. The van der Waals surface area contributed by atoms with Gasteiger partial charge in [0, 0.05) is 55.1 Å². The van der Waals surface area contributed by atoms with Crippen LogP contribution in [-0.2, 0) is 33.8 Å². The molecular weight excluding hydrogens is 564 g/mol. The minimum Gasteiger partial charge on any atom is -0.361 e. The van der Waals surface area contributed by atoms with E-state index in [9.17, 15) is 14.4 Å². The normalized spacial score (nSPS) is 17.4. The van der Waals surface area contributed by atoms with Crippen molar-refractivity contribution in [3.63, 3.8) is 0 Å². The first-order valence-electron chi connectivity index (χ1n) is 15.5. The van der Waals surface area contributed by atoms with Gasteiger partial charge >= 0.3 is 0 Å². The van der Waals surface area contributed by atoms with E-state index in [-0.39, 0.29) is 18.2 Å². The number of hydrogen-bond acceptors (Lipinski definition) is 5. The Hall–Kier alpha value is -4.89. The lowest BCUT2D eigenvalue weighted by Gasteiger charge is -2.41. The van der Waals surface area contributed by atoms with Gasteiger partial charge in [-0.05, 0) is 49.1 Å². The van der Waals surface area contributed by atoms with Crippen LogP contribution in [0.2, 0.25) is 0 Å². The number of H-pyrrole nitrogens is 1. The summed E-state index contributed by atoms with van der Waals surface area (Å²) in [6, 6.07) is 22.6. The average molecular weight is 605 g/mol. The number of nitrogens with one attached hydrogen (secondary N) is 3. The van der Waals surface area contributed by atoms with Crippen LogP contribution in [0.15, 0.2) is 91.3 Å². The molecule has 1 unspecified atom stereocenters. The van der Waals surface area contributed by atoms with Crippen LogP contribution in [0.3, 0.4) is 0 Å². The molecule has 1 saturated heterocycles. The number of amides is 3. The van der Waals surface area contributed by atoms with Gasteiger partial charge in [-0.15, -0.1) is 0 Å². The molecule has 1 aromatic heterocycles. The fourth-order valence-corrected chi connectivity index (χ4v) is 6.27. The number of rotatable bonds is 9. The van der Waals surface area contributed by atoms with E-state index in [4.69, 9.17) is 5.73 Å². The van der Waals surface area contributed by atoms with E-state index in [1.807, 2.05) is 71.8 Å². The van der Waals surface area contributed by atoms with Crippen LogP contribution in [0.25, 0.3) is 10.9 Å². The minimum atomic E-state index is -1.16. The van der Waals surface area contributed by atoms with Crippen molar-refractivity contribution >= 4 is 40.0 Å². The topological polar surface area (TPSA) is 124 Å². The molecule has 2 aliphatic rings. The van der Waals surface area contributed by atoms with Gasteiger partial charge in [0.25, 0.3) is 0 Å². The Morgan fingerprint density at radius 1 is 1.07 bits per heavy atom. The maximum atomic E-state index is 14.1. The average Bonchev–Trinajstić information content (AvgIpc) is 3.64. The van der Waals surface area contributed by atoms with Gasteiger partial charge in [-0.3, -0.25) is 14.4 Å². The zero-order chi connectivity index (χ0) is 31.7. The summed E-state index contributed by atoms with van der Waals surface area (Å²) in [5.74, 6) is -0.623. The molecule has 9 nitrogen and oxygen atoms in total. The first kappa shape index (κ1) is 30.1. The van der Waals surface area contributed by atoms with E-state index < -0.39 is 23.5 Å². The van der Waals surface area contributed by atoms with Gasteiger partial charge < -0.3 is 31.2 Å². The molecule has 5 N–H and O–H groups in total. The SMILES string of the molecule is C=C1C(NC(=O)[C@@H](Cc2c[nH]c3ccccc23)NC(=O)C(C)(C)N)Cc2cccc(N3CCCC3=O)c2N1Cc1ccccc1. The summed E-state index contributed by atoms with van der Waals surface area (Å²) < 4.78 is 0. The molecule has 2 atom stereocenters. The molecule has 0 bridgehead atoms. The zero-order valence-corrected chi connectivity index (χ0v) is 25.8. The van der Waals surface area contributed by atoms with E-state index >= 15 is 0 Å². The molecule has 3 amide bonds. The zero-order valence-electron chi connectivity index (χ0n) is 25.8. The quantitative estimate of drug-likeness (QED) is 0.227. The Morgan fingerprint density at radius 3 is 2.56 bits per heavy atom. The van der Waals surface area contributed by atoms with Gasteiger partial charge in [-0.25, -0.2) is 0 Å². The molecular formula is C36H40N6O3. The minimum absolute atomic E-state index is 0.114. The van der Waals surface area contributed by atoms with Crippen molar-refractivity contribution in [1.29, 1.82) is 0 Å². The van der Waals surface area contributed by atoms with Crippen molar-refractivity contribution in [2.75, 3.05) is 16.3 Å². The summed E-state index contributed by atoms with van der Waals surface area (Å²) in [6.07, 6.45) is 4.01. The lowest BCUT2D eigenvalue weighted by molar-refractivity contribution is -0.131. The first-order chi connectivity index (χ1) is 21.6. The third-order valence-corrected chi connectivity index (χ3v) is 8.71. The van der Waals surface area contributed by atoms with Gasteiger partial charge in [0.2, 0.25) is 17.7 Å². The smallest absolute Gasteiger partial charge is 0.243 e. The fraction of sp³-hybridized carbons (Fsp3) is 0.306. The molecule has 3 aromatic carbocycles. The lowest BCUT2D eigenvalue weighted by atomic mass is 9.92. The van der Waals surface area contributed by atoms with E-state index in [0.29, 0.717) is 25.9 Å². The van der Waals surface area contributed by atoms with Crippen LogP contribution >= 0.6 is 0 Å². The summed E-state index contributed by atoms with van der Waals surface area (Å²) in [4.78, 5) is 47.2. The van der Waals surface area contributed by atoms with Crippen molar-refractivity contribution in [3.8, 4) is 0 Å². The van der Waals surface area contributed by atoms with Gasteiger partial charge in [0.1, 0.15) is 6.04 Å². The molecule has 0 radical (unpaired) electrons. The maximum absolute atomic E-state index is 14.1. The van der Waals surface area contributed by atoms with Gasteiger partial charge in [-0.2, -0.15) is 0 Å². The number of carbonyl (C=O) groups is 3. The monoisotopic (exact) mass is 604 g/mol. The number of nitrogens with zero attached hydrogens (tertiary/aromatic N) is 2. The highest BCUT2D eigenvalue weighted by molar-refractivity contribution is 6.00. The highest BCUT2D eigenvalue weighted by atomic mass is 16.2. The maximum Gasteiger partial charge on any atom is 0.243 e. The Morgan fingerprint density at radius 2 is 1.82 bits per heavy atom. The number of para-hydroxylation sites is 2. The number of aromatic nitrogens is 1. The summed E-state index contributed by atoms with van der Waals surface area (Å²) in [7, 11) is 0. The van der Waals surface area contributed by atoms with Crippen LogP contribution in [0, 0.1) is 0 Å². The molecule has 1 fully saturated rings. The molecule has 4 aromatic rings. The molecule has 0 aliphatic carbocycles. The molecule has 0 saturated carbocycles. The van der Waals surface area contributed by atoms with Crippen LogP contribution in [0.5, 0.6) is 0 Å². The second-order valence-corrected chi connectivity index (χ2v) is 12.6. The largest absolute Gasteiger partial charge is 0.361 e. The summed E-state index contributed by atoms with van der Waals surface area (Å²) in [6.45, 7) is 8.92. The summed E-state index contributed by atoms with van der Waals surface area (Å²) in [5, 5.41) is 7.11. The number of hydrogen-bond donors (Lipinski definition) is 4. The third-order valence-electron chi connectivity index (χ3n) is 8.71. The fourth-order valence-electron chi connectivity index (χ4n) is 6.27. The number of nitrogens with two attached hydrogens (primary N) is 1. The van der Waals surface area contributed by atoms with Crippen molar-refractivity contribution in [3.05, 3.63) is 108 Å². The van der Waals surface area contributed by atoms with Crippen LogP contribution in [0.1, 0.15) is 43.4 Å². The van der Waals surface area contributed by atoms with Crippen molar-refractivity contribution in [1.82, 2.24) is 15.6 Å². The second-order valence-electron chi connectivity index (χ2n) is 12.6. The van der Waals surface area contributed by atoms with Crippen molar-refractivity contribution in [2.45, 2.75) is 63.7 Å². The summed E-state index contributed by atoms with van der Waals surface area (Å²) >= 11 is 0. The van der Waals surface area contributed by atoms with Crippen LogP contribution in [-0.4, -0.2) is 46.9 Å². The lowest BCUT2D eigenvalue weighted by Crippen LogP contribution is -2.58. The first-order valence-corrected chi connectivity index (χ1v) is 15.5. The second kappa shape index (κ2) is 12.2. The Kier molecular flexibility index (Phi) is 8.20. The van der Waals surface area contributed by atoms with Crippen LogP contribution < -0.4 is 26.2 Å². The summed E-state index contributed by atoms with van der Waals surface area (Å²) in [5.41, 5.74) is 11.4. The Bertz CT molecular complexity index is 1760. The molecule has 9 heteroatoms. The molecule has 45 heavy (non-hydrogen) atoms. The van der Waals surface area contributed by atoms with Crippen molar-refractivity contribution in [2.24, 2.45) is 5.73 Å². The van der Waals surface area contributed by atoms with E-state index in [1.54, 1.807) is 13.8 Å². The Balaban J connectivity index is 1.32. The molecule has 6 rings (SSSR count). The molecule has 2 aliphatic heterocycles. The number of benzene rings is 3. The number of anilines is 2. The highest BCUT2D eigenvalue weighted by Crippen LogP contribution is 2.42. The van der Waals surface area contributed by atoms with E-state index in [1.165, 1.54) is 0 Å². The molecule has 232 valence electrons. The van der Waals surface area contributed by atoms with E-state index in [2.05, 4.69) is 39.2 Å². The van der Waals surface area contributed by atoms with Crippen LogP contribution in [0.4, 0.5) is 11.4 Å². The predicted molar refractivity (Wildman–Crippen MR) is 178 cm³/mol. The number of fused-ring (bicyclic) bond motifs is 2. The molecule has 3 heterocycles. The van der Waals surface area contributed by atoms with Gasteiger partial charge in [-0.1, -0.05) is 67.2 Å².